The number of aromatic nitrogens is 2. The van der Waals surface area contributed by atoms with E-state index in [0.29, 0.717) is 11.3 Å². The normalized spacial score (nSPS) is 19.3. The number of para-hydroxylation sites is 1. The first kappa shape index (κ1) is 16.0. The minimum absolute atomic E-state index is 0.0366. The highest BCUT2D eigenvalue weighted by Crippen LogP contribution is 2.52. The number of furan rings is 1. The van der Waals surface area contributed by atoms with Gasteiger partial charge in [-0.2, -0.15) is 0 Å². The van der Waals surface area contributed by atoms with Gasteiger partial charge in [0.1, 0.15) is 5.58 Å². The Kier molecular flexibility index (Phi) is 3.18. The molecule has 4 heteroatoms. The smallest absolute Gasteiger partial charge is 0.227 e. The van der Waals surface area contributed by atoms with Crippen molar-refractivity contribution in [3.8, 4) is 11.3 Å². The lowest BCUT2D eigenvalue weighted by atomic mass is 9.66. The predicted octanol–water partition coefficient (Wildman–Crippen LogP) is 7.92. The first-order valence-electron chi connectivity index (χ1n) is 12.2. The summed E-state index contributed by atoms with van der Waals surface area (Å²) in [4.78, 5) is 10.7. The number of thiophene rings is 1. The summed E-state index contributed by atoms with van der Waals surface area (Å²) in [6.07, 6.45) is 4.38. The molecule has 3 nitrogen and oxygen atoms in total. The van der Waals surface area contributed by atoms with Gasteiger partial charge in [-0.05, 0) is 60.4 Å². The Morgan fingerprint density at radius 3 is 2.68 bits per heavy atom. The van der Waals surface area contributed by atoms with E-state index in [2.05, 4.69) is 38.7 Å². The quantitative estimate of drug-likeness (QED) is 0.272. The van der Waals surface area contributed by atoms with Crippen molar-refractivity contribution in [2.75, 3.05) is 0 Å². The van der Waals surface area contributed by atoms with E-state index in [0.717, 1.165) is 22.0 Å². The molecule has 1 aliphatic rings. The highest BCUT2D eigenvalue weighted by atomic mass is 32.1. The Morgan fingerprint density at radius 1 is 1.00 bits per heavy atom. The van der Waals surface area contributed by atoms with Crippen molar-refractivity contribution in [3.05, 3.63) is 58.7 Å². The number of nitrogens with zero attached hydrogens (tertiary/aromatic N) is 2. The monoisotopic (exact) mass is 429 g/mol. The van der Waals surface area contributed by atoms with Crippen LogP contribution in [0.5, 0.6) is 0 Å². The van der Waals surface area contributed by atoms with Crippen LogP contribution < -0.4 is 0 Å². The van der Waals surface area contributed by atoms with Gasteiger partial charge in [-0.25, -0.2) is 4.98 Å². The lowest BCUT2D eigenvalue weighted by Gasteiger charge is -2.39. The molecule has 0 unspecified atom stereocenters. The second-order valence-electron chi connectivity index (χ2n) is 9.97. The summed E-state index contributed by atoms with van der Waals surface area (Å²) in [5.74, 6) is 0. The highest BCUT2D eigenvalue weighted by Gasteiger charge is 2.40. The maximum Gasteiger partial charge on any atom is 0.227 e. The van der Waals surface area contributed by atoms with Crippen LogP contribution in [0, 0.1) is 6.85 Å². The Balaban J connectivity index is 1.56. The van der Waals surface area contributed by atoms with E-state index in [1.54, 1.807) is 12.1 Å². The molecular formula is C27H26N2OS. The van der Waals surface area contributed by atoms with Gasteiger partial charge in [0.2, 0.25) is 5.71 Å². The molecule has 4 heterocycles. The van der Waals surface area contributed by atoms with Gasteiger partial charge in [0.15, 0.2) is 0 Å². The molecule has 0 radical (unpaired) electrons. The average Bonchev–Trinajstić information content (AvgIpc) is 3.35. The number of hydrogen-bond acceptors (Lipinski definition) is 4. The molecule has 0 amide bonds. The van der Waals surface area contributed by atoms with Crippen molar-refractivity contribution in [3.63, 3.8) is 0 Å². The molecule has 0 aliphatic heterocycles. The third-order valence-corrected chi connectivity index (χ3v) is 8.40. The van der Waals surface area contributed by atoms with E-state index in [4.69, 9.17) is 13.5 Å². The molecule has 156 valence electrons. The molecule has 0 N–H and O–H groups in total. The molecule has 0 fully saturated rings. The Bertz CT molecular complexity index is 1610. The summed E-state index contributed by atoms with van der Waals surface area (Å²) < 4.78 is 30.4. The molecule has 0 saturated carbocycles. The third-order valence-electron chi connectivity index (χ3n) is 6.88. The van der Waals surface area contributed by atoms with Crippen molar-refractivity contribution in [2.24, 2.45) is 0 Å². The Morgan fingerprint density at radius 2 is 1.84 bits per heavy atom. The maximum absolute atomic E-state index is 7.67. The molecule has 6 rings (SSSR count). The van der Waals surface area contributed by atoms with Gasteiger partial charge in [-0.1, -0.05) is 39.8 Å². The third kappa shape index (κ3) is 2.71. The molecule has 0 bridgehead atoms. The van der Waals surface area contributed by atoms with E-state index in [1.807, 2.05) is 35.7 Å². The maximum atomic E-state index is 7.67. The summed E-state index contributed by atoms with van der Waals surface area (Å²) in [6, 6.07) is 11.5. The van der Waals surface area contributed by atoms with E-state index >= 15 is 0 Å². The molecule has 1 aliphatic carbocycles. The fourth-order valence-electron chi connectivity index (χ4n) is 5.03. The number of fused-ring (bicyclic) bond motifs is 6. The standard InChI is InChI=1S/C27H26N2OS/c1-15-9-10-17-16-7-6-8-18(23(16)30-25(17)29-15)20-13-21-19(14-28-20)22-24(31-21)27(4,5)12-11-26(22,2)3/h6-10,13-14H,11-12H2,1-5H3/i1D3. The fourth-order valence-corrected chi connectivity index (χ4v) is 6.55. The molecule has 1 aromatic carbocycles. The number of hydrogen-bond donors (Lipinski definition) is 0. The van der Waals surface area contributed by atoms with Crippen LogP contribution in [-0.2, 0) is 10.8 Å². The number of aryl methyl sites for hydroxylation is 1. The van der Waals surface area contributed by atoms with Gasteiger partial charge in [0.25, 0.3) is 0 Å². The summed E-state index contributed by atoms with van der Waals surface area (Å²) in [5, 5.41) is 2.97. The molecular weight excluding hydrogens is 400 g/mol. The van der Waals surface area contributed by atoms with Crippen LogP contribution in [0.2, 0.25) is 0 Å². The lowest BCUT2D eigenvalue weighted by Crippen LogP contribution is -2.32. The largest absolute Gasteiger partial charge is 0.437 e. The van der Waals surface area contributed by atoms with Gasteiger partial charge in [-0.15, -0.1) is 11.3 Å². The second-order valence-corrected chi connectivity index (χ2v) is 11.0. The zero-order valence-electron chi connectivity index (χ0n) is 21.2. The predicted molar refractivity (Wildman–Crippen MR) is 130 cm³/mol. The summed E-state index contributed by atoms with van der Waals surface area (Å²) in [6.45, 7) is 7.11. The van der Waals surface area contributed by atoms with Crippen LogP contribution in [0.1, 0.15) is 60.8 Å². The average molecular weight is 430 g/mol. The molecule has 0 spiro atoms. The van der Waals surface area contributed by atoms with Crippen molar-refractivity contribution in [1.29, 1.82) is 0 Å². The molecule has 5 aromatic rings. The van der Waals surface area contributed by atoms with Crippen LogP contribution in [0.4, 0.5) is 0 Å². The van der Waals surface area contributed by atoms with Crippen molar-refractivity contribution < 1.29 is 8.53 Å². The van der Waals surface area contributed by atoms with E-state index in [1.165, 1.54) is 33.4 Å². The first-order valence-corrected chi connectivity index (χ1v) is 11.5. The van der Waals surface area contributed by atoms with Crippen molar-refractivity contribution >= 4 is 43.5 Å². The van der Waals surface area contributed by atoms with E-state index in [-0.39, 0.29) is 16.5 Å². The van der Waals surface area contributed by atoms with E-state index in [9.17, 15) is 0 Å². The van der Waals surface area contributed by atoms with Crippen molar-refractivity contribution in [2.45, 2.75) is 58.2 Å². The van der Waals surface area contributed by atoms with Crippen LogP contribution in [0.15, 0.2) is 47.0 Å². The van der Waals surface area contributed by atoms with Gasteiger partial charge >= 0.3 is 0 Å². The van der Waals surface area contributed by atoms with Crippen LogP contribution in [-0.4, -0.2) is 9.97 Å². The minimum Gasteiger partial charge on any atom is -0.437 e. The topological polar surface area (TPSA) is 38.9 Å². The van der Waals surface area contributed by atoms with Gasteiger partial charge in [-0.3, -0.25) is 4.98 Å². The lowest BCUT2D eigenvalue weighted by molar-refractivity contribution is 0.341. The van der Waals surface area contributed by atoms with Gasteiger partial charge < -0.3 is 4.42 Å². The van der Waals surface area contributed by atoms with Crippen LogP contribution in [0.25, 0.3) is 43.4 Å². The number of benzene rings is 1. The summed E-state index contributed by atoms with van der Waals surface area (Å²) in [7, 11) is 0. The second kappa shape index (κ2) is 6.17. The van der Waals surface area contributed by atoms with Gasteiger partial charge in [0, 0.05) is 47.3 Å². The fraction of sp³-hybridized carbons (Fsp3) is 0.333. The SMILES string of the molecule is [2H]C([2H])([2H])c1ccc2c(n1)oc1c(-c3cc4sc5c(c4cn3)C(C)(C)CCC5(C)C)cccc12. The van der Waals surface area contributed by atoms with Gasteiger partial charge in [0.05, 0.1) is 5.69 Å². The Hall–Kier alpha value is -2.72. The van der Waals surface area contributed by atoms with Crippen LogP contribution in [0.3, 0.4) is 0 Å². The van der Waals surface area contributed by atoms with E-state index < -0.39 is 6.85 Å². The summed E-state index contributed by atoms with van der Waals surface area (Å²) >= 11 is 1.89. The highest BCUT2D eigenvalue weighted by molar-refractivity contribution is 7.19. The zero-order valence-corrected chi connectivity index (χ0v) is 19.0. The van der Waals surface area contributed by atoms with Crippen LogP contribution >= 0.6 is 11.3 Å². The zero-order chi connectivity index (χ0) is 24.0. The van der Waals surface area contributed by atoms with Crippen molar-refractivity contribution in [1.82, 2.24) is 9.97 Å². The summed E-state index contributed by atoms with van der Waals surface area (Å²) in [5.41, 5.74) is 4.55. The minimum atomic E-state index is -2.28. The number of pyridine rings is 2. The Labute approximate surface area is 190 Å². The molecule has 31 heavy (non-hydrogen) atoms. The molecule has 4 aromatic heterocycles. The molecule has 0 atom stereocenters. The first-order chi connectivity index (χ1) is 16.0. The molecule has 0 saturated heterocycles. The number of rotatable bonds is 1.